The third-order valence-corrected chi connectivity index (χ3v) is 1.63. The van der Waals surface area contributed by atoms with Gasteiger partial charge in [0.25, 0.3) is 0 Å². The van der Waals surface area contributed by atoms with Gasteiger partial charge >= 0.3 is 0 Å². The van der Waals surface area contributed by atoms with Crippen molar-refractivity contribution in [2.45, 2.75) is 24.4 Å². The summed E-state index contributed by atoms with van der Waals surface area (Å²) in [6, 6.07) is 0. The summed E-state index contributed by atoms with van der Waals surface area (Å²) in [6.07, 6.45) is -3.64. The van der Waals surface area contributed by atoms with Crippen molar-refractivity contribution in [2.75, 3.05) is 6.61 Å². The molecule has 0 amide bonds. The van der Waals surface area contributed by atoms with Gasteiger partial charge in [-0.05, 0) is 5.53 Å². The zero-order chi connectivity index (χ0) is 11.2. The smallest absolute Gasteiger partial charge is 0.195 e. The van der Waals surface area contributed by atoms with Gasteiger partial charge in [0.2, 0.25) is 0 Å². The molecule has 0 aromatic heterocycles. The number of hydrogen-bond acceptors (Lipinski definition) is 6. The molecular formula is C6H11N3O5. The van der Waals surface area contributed by atoms with Gasteiger partial charge in [-0.2, -0.15) is 0 Å². The van der Waals surface area contributed by atoms with Gasteiger partial charge in [0.15, 0.2) is 5.72 Å². The van der Waals surface area contributed by atoms with Gasteiger partial charge < -0.3 is 25.2 Å². The lowest BCUT2D eigenvalue weighted by Gasteiger charge is -2.28. The van der Waals surface area contributed by atoms with Crippen molar-refractivity contribution < 1.29 is 25.2 Å². The maximum absolute atomic E-state index is 9.97. The maximum Gasteiger partial charge on any atom is 0.195 e. The first-order valence-electron chi connectivity index (χ1n) is 3.71. The average Bonchev–Trinajstić information content (AvgIpc) is 2.17. The number of azide groups is 1. The predicted octanol–water partition coefficient (Wildman–Crippen LogP) is -1.71. The van der Waals surface area contributed by atoms with E-state index in [0.717, 1.165) is 0 Å². The van der Waals surface area contributed by atoms with Crippen LogP contribution in [0.5, 0.6) is 0 Å². The first-order chi connectivity index (χ1) is 6.51. The fourth-order valence-electron chi connectivity index (χ4n) is 0.797. The zero-order valence-corrected chi connectivity index (χ0v) is 7.19. The van der Waals surface area contributed by atoms with E-state index in [0.29, 0.717) is 6.29 Å². The number of hydrogen-bond donors (Lipinski definition) is 4. The summed E-state index contributed by atoms with van der Waals surface area (Å²) >= 11 is 0. The fraction of sp³-hybridized carbons (Fsp3) is 0.833. The van der Waals surface area contributed by atoms with E-state index in [1.165, 1.54) is 0 Å². The summed E-state index contributed by atoms with van der Waals surface area (Å²) in [5.41, 5.74) is 5.50. The standard InChI is InChI=1S/C6H11N3O5/c7-9-8-6(14,3-11)5(13)4(12)1-2-10/h2,4-5,11-14H,1,3H2/t4-,5+,6-/m1/s1. The van der Waals surface area contributed by atoms with Crippen molar-refractivity contribution in [1.29, 1.82) is 0 Å². The predicted molar refractivity (Wildman–Crippen MR) is 43.9 cm³/mol. The van der Waals surface area contributed by atoms with E-state index in [-0.39, 0.29) is 0 Å². The number of aliphatic hydroxyl groups is 4. The first kappa shape index (κ1) is 12.8. The molecule has 0 bridgehead atoms. The Labute approximate surface area is 79.0 Å². The van der Waals surface area contributed by atoms with E-state index >= 15 is 0 Å². The average molecular weight is 205 g/mol. The van der Waals surface area contributed by atoms with Gasteiger partial charge in [0, 0.05) is 11.3 Å². The van der Waals surface area contributed by atoms with Crippen LogP contribution in [0.2, 0.25) is 0 Å². The highest BCUT2D eigenvalue weighted by Gasteiger charge is 2.38. The number of rotatable bonds is 6. The van der Waals surface area contributed by atoms with Crippen LogP contribution in [0.4, 0.5) is 0 Å². The monoisotopic (exact) mass is 205 g/mol. The molecule has 8 nitrogen and oxygen atoms in total. The summed E-state index contributed by atoms with van der Waals surface area (Å²) < 4.78 is 0. The Morgan fingerprint density at radius 2 is 2.14 bits per heavy atom. The molecule has 0 aliphatic carbocycles. The molecule has 0 rings (SSSR count). The molecular weight excluding hydrogens is 194 g/mol. The molecule has 0 saturated heterocycles. The van der Waals surface area contributed by atoms with Crippen LogP contribution < -0.4 is 0 Å². The number of nitrogens with zero attached hydrogens (tertiary/aromatic N) is 3. The highest BCUT2D eigenvalue weighted by molar-refractivity contribution is 5.50. The molecule has 0 saturated carbocycles. The van der Waals surface area contributed by atoms with Gasteiger partial charge in [-0.1, -0.05) is 5.11 Å². The molecule has 0 aliphatic heterocycles. The third kappa shape index (κ3) is 2.95. The molecule has 14 heavy (non-hydrogen) atoms. The Morgan fingerprint density at radius 1 is 1.57 bits per heavy atom. The van der Waals surface area contributed by atoms with E-state index in [1.54, 1.807) is 0 Å². The SMILES string of the molecule is [N-]=[N+]=N[C@@](O)(CO)[C@@H](O)[C@H](O)CC=O. The second-order valence-corrected chi connectivity index (χ2v) is 2.64. The maximum atomic E-state index is 9.97. The Kier molecular flexibility index (Phi) is 5.06. The Balaban J connectivity index is 4.66. The van der Waals surface area contributed by atoms with Gasteiger partial charge in [-0.15, -0.1) is 0 Å². The van der Waals surface area contributed by atoms with Crippen molar-refractivity contribution in [3.63, 3.8) is 0 Å². The van der Waals surface area contributed by atoms with Crippen molar-refractivity contribution in [2.24, 2.45) is 5.11 Å². The molecule has 80 valence electrons. The van der Waals surface area contributed by atoms with Crippen molar-refractivity contribution in [3.8, 4) is 0 Å². The molecule has 3 atom stereocenters. The lowest BCUT2D eigenvalue weighted by molar-refractivity contribution is -0.145. The van der Waals surface area contributed by atoms with E-state index in [9.17, 15) is 15.0 Å². The summed E-state index contributed by atoms with van der Waals surface area (Å²) in [5, 5.41) is 38.9. The molecule has 0 unspecified atom stereocenters. The van der Waals surface area contributed by atoms with Crippen LogP contribution in [0.15, 0.2) is 5.11 Å². The van der Waals surface area contributed by atoms with Crippen LogP contribution >= 0.6 is 0 Å². The van der Waals surface area contributed by atoms with Gasteiger partial charge in [0.05, 0.1) is 12.7 Å². The number of carbonyl (C=O) groups is 1. The Morgan fingerprint density at radius 3 is 2.50 bits per heavy atom. The van der Waals surface area contributed by atoms with Crippen LogP contribution in [0, 0.1) is 0 Å². The molecule has 0 aliphatic rings. The quantitative estimate of drug-likeness (QED) is 0.176. The lowest BCUT2D eigenvalue weighted by atomic mass is 10.0. The van der Waals surface area contributed by atoms with Crippen LogP contribution in [0.25, 0.3) is 10.4 Å². The summed E-state index contributed by atoms with van der Waals surface area (Å²) in [4.78, 5) is 12.2. The normalized spacial score (nSPS) is 18.9. The highest BCUT2D eigenvalue weighted by atomic mass is 16.4. The molecule has 0 heterocycles. The van der Waals surface area contributed by atoms with Crippen LogP contribution in [0.1, 0.15) is 6.42 Å². The minimum absolute atomic E-state index is 0.321. The molecule has 0 aromatic carbocycles. The second kappa shape index (κ2) is 5.53. The third-order valence-electron chi connectivity index (χ3n) is 1.63. The Bertz CT molecular complexity index is 242. The number of aliphatic hydroxyl groups excluding tert-OH is 3. The summed E-state index contributed by atoms with van der Waals surface area (Å²) in [6.45, 7) is -1.06. The highest BCUT2D eigenvalue weighted by Crippen LogP contribution is 2.16. The first-order valence-corrected chi connectivity index (χ1v) is 3.71. The van der Waals surface area contributed by atoms with E-state index in [2.05, 4.69) is 10.0 Å². The van der Waals surface area contributed by atoms with Crippen molar-refractivity contribution in [3.05, 3.63) is 10.4 Å². The van der Waals surface area contributed by atoms with Crippen LogP contribution in [0.3, 0.4) is 0 Å². The molecule has 0 aromatic rings. The number of aldehydes is 1. The lowest BCUT2D eigenvalue weighted by Crippen LogP contribution is -2.50. The minimum atomic E-state index is -2.52. The van der Waals surface area contributed by atoms with E-state index in [1.807, 2.05) is 0 Å². The molecule has 0 spiro atoms. The summed E-state index contributed by atoms with van der Waals surface area (Å²) in [7, 11) is 0. The topological polar surface area (TPSA) is 147 Å². The van der Waals surface area contributed by atoms with Gasteiger partial charge in [-0.25, -0.2) is 0 Å². The van der Waals surface area contributed by atoms with Gasteiger partial charge in [0.1, 0.15) is 12.4 Å². The van der Waals surface area contributed by atoms with Crippen LogP contribution in [-0.4, -0.2) is 51.3 Å². The fourth-order valence-corrected chi connectivity index (χ4v) is 0.797. The van der Waals surface area contributed by atoms with E-state index < -0.39 is 31.0 Å². The molecule has 0 radical (unpaired) electrons. The van der Waals surface area contributed by atoms with Crippen molar-refractivity contribution in [1.82, 2.24) is 0 Å². The van der Waals surface area contributed by atoms with Crippen molar-refractivity contribution >= 4 is 6.29 Å². The molecule has 0 fully saturated rings. The summed E-state index contributed by atoms with van der Waals surface area (Å²) in [5.74, 6) is 0. The van der Waals surface area contributed by atoms with Gasteiger partial charge in [-0.3, -0.25) is 0 Å². The molecule has 4 N–H and O–H groups in total. The van der Waals surface area contributed by atoms with Crippen LogP contribution in [-0.2, 0) is 4.79 Å². The molecule has 8 heteroatoms. The Hall–Kier alpha value is -1.18. The second-order valence-electron chi connectivity index (χ2n) is 2.64. The zero-order valence-electron chi connectivity index (χ0n) is 7.19. The number of carbonyl (C=O) groups excluding carboxylic acids is 1. The minimum Gasteiger partial charge on any atom is -0.393 e. The van der Waals surface area contributed by atoms with E-state index in [4.69, 9.17) is 15.7 Å². The largest absolute Gasteiger partial charge is 0.393 e.